The molecule has 1 aliphatic carbocycles. The summed E-state index contributed by atoms with van der Waals surface area (Å²) in [6, 6.07) is 9.32. The minimum Gasteiger partial charge on any atom is -0.468 e. The molecule has 0 radical (unpaired) electrons. The Labute approximate surface area is 155 Å². The van der Waals surface area contributed by atoms with E-state index in [-0.39, 0.29) is 11.3 Å². The Morgan fingerprint density at radius 3 is 1.78 bits per heavy atom. The number of rotatable bonds is 5. The van der Waals surface area contributed by atoms with Crippen LogP contribution in [0.4, 0.5) is 0 Å². The Kier molecular flexibility index (Phi) is 5.05. The quantitative estimate of drug-likeness (QED) is 0.436. The number of methoxy groups -OCH3 is 2. The van der Waals surface area contributed by atoms with Gasteiger partial charge in [0, 0.05) is 11.5 Å². The van der Waals surface area contributed by atoms with Gasteiger partial charge in [0.2, 0.25) is 0 Å². The van der Waals surface area contributed by atoms with E-state index in [0.717, 1.165) is 14.2 Å². The molecule has 1 saturated carbocycles. The van der Waals surface area contributed by atoms with Gasteiger partial charge >= 0.3 is 17.9 Å². The van der Waals surface area contributed by atoms with Crippen LogP contribution in [0.1, 0.15) is 18.4 Å². The maximum atomic E-state index is 12.3. The molecular weight excluding hydrogens is 352 g/mol. The largest absolute Gasteiger partial charge is 0.468 e. The molecule has 0 amide bonds. The number of hydrogen-bond acceptors (Lipinski definition) is 8. The molecule has 0 saturated heterocycles. The molecule has 8 nitrogen and oxygen atoms in total. The predicted octanol–water partition coefficient (Wildman–Crippen LogP) is 1.63. The number of carbonyl (C=O) groups excluding carboxylic acids is 3. The smallest absolute Gasteiger partial charge is 0.338 e. The van der Waals surface area contributed by atoms with Crippen LogP contribution >= 0.6 is 0 Å². The molecule has 1 aromatic carbocycles. The first-order valence-electron chi connectivity index (χ1n) is 7.73. The summed E-state index contributed by atoms with van der Waals surface area (Å²) < 4.78 is 14.4. The average molecular weight is 368 g/mol. The summed E-state index contributed by atoms with van der Waals surface area (Å²) in [5, 5.41) is 19.3. The van der Waals surface area contributed by atoms with Gasteiger partial charge in [-0.25, -0.2) is 4.79 Å². The van der Waals surface area contributed by atoms with Crippen molar-refractivity contribution in [2.75, 3.05) is 14.2 Å². The van der Waals surface area contributed by atoms with E-state index >= 15 is 0 Å². The van der Waals surface area contributed by atoms with Crippen LogP contribution in [0.15, 0.2) is 36.4 Å². The second-order valence-corrected chi connectivity index (χ2v) is 5.99. The van der Waals surface area contributed by atoms with Crippen molar-refractivity contribution < 1.29 is 28.6 Å². The lowest BCUT2D eigenvalue weighted by Gasteiger charge is -2.09. The van der Waals surface area contributed by atoms with Gasteiger partial charge in [0.05, 0.1) is 26.4 Å². The zero-order chi connectivity index (χ0) is 20.4. The normalized spacial score (nSPS) is 25.3. The highest BCUT2D eigenvalue weighted by atomic mass is 16.5. The van der Waals surface area contributed by atoms with Crippen molar-refractivity contribution in [3.8, 4) is 17.9 Å². The number of esters is 3. The van der Waals surface area contributed by atoms with E-state index in [1.165, 1.54) is 31.2 Å². The van der Waals surface area contributed by atoms with Gasteiger partial charge in [0.1, 0.15) is 5.75 Å². The van der Waals surface area contributed by atoms with E-state index in [9.17, 15) is 24.9 Å². The van der Waals surface area contributed by atoms with E-state index in [1.807, 2.05) is 0 Å². The van der Waals surface area contributed by atoms with Crippen molar-refractivity contribution in [3.63, 3.8) is 0 Å². The van der Waals surface area contributed by atoms with Crippen LogP contribution in [-0.4, -0.2) is 32.1 Å². The zero-order valence-corrected chi connectivity index (χ0v) is 14.9. The van der Waals surface area contributed by atoms with Gasteiger partial charge < -0.3 is 14.2 Å². The van der Waals surface area contributed by atoms with Crippen molar-refractivity contribution in [2.45, 2.75) is 12.8 Å². The number of carbonyl (C=O) groups is 3. The van der Waals surface area contributed by atoms with Gasteiger partial charge in [0.25, 0.3) is 0 Å². The zero-order valence-electron chi connectivity index (χ0n) is 14.9. The summed E-state index contributed by atoms with van der Waals surface area (Å²) >= 11 is 0. The van der Waals surface area contributed by atoms with Gasteiger partial charge in [-0.3, -0.25) is 9.59 Å². The summed E-state index contributed by atoms with van der Waals surface area (Å²) in [5.41, 5.74) is -3.49. The molecule has 2 rings (SSSR count). The average Bonchev–Trinajstić information content (AvgIpc) is 3.31. The Morgan fingerprint density at radius 1 is 1.00 bits per heavy atom. The van der Waals surface area contributed by atoms with Crippen LogP contribution in [0.2, 0.25) is 0 Å². The molecule has 2 unspecified atom stereocenters. The van der Waals surface area contributed by atoms with Crippen LogP contribution in [-0.2, 0) is 23.9 Å². The minimum absolute atomic E-state index is 0.202. The van der Waals surface area contributed by atoms with Crippen LogP contribution in [0.5, 0.6) is 5.75 Å². The fraction of sp³-hybridized carbons (Fsp3) is 0.316. The highest BCUT2D eigenvalue weighted by molar-refractivity contribution is 6.02. The number of nitrogens with zero attached hydrogens (tertiary/aromatic N) is 2. The maximum Gasteiger partial charge on any atom is 0.338 e. The van der Waals surface area contributed by atoms with E-state index in [0.29, 0.717) is 5.56 Å². The van der Waals surface area contributed by atoms with E-state index in [2.05, 4.69) is 16.1 Å². The summed E-state index contributed by atoms with van der Waals surface area (Å²) in [6.07, 6.45) is 0. The fourth-order valence-corrected chi connectivity index (χ4v) is 3.17. The lowest BCUT2D eigenvalue weighted by molar-refractivity contribution is -0.153. The first-order chi connectivity index (χ1) is 12.8. The Hall–Kier alpha value is -3.65. The van der Waals surface area contributed by atoms with Crippen LogP contribution in [0, 0.1) is 33.5 Å². The topological polar surface area (TPSA) is 126 Å². The van der Waals surface area contributed by atoms with Crippen molar-refractivity contribution in [1.29, 1.82) is 10.5 Å². The molecule has 8 heteroatoms. The molecular formula is C19H16N2O6. The number of ether oxygens (including phenoxy) is 3. The SMILES string of the molecule is C=C(C)C(=O)Oc1ccc(C2C(C#N)(C(=O)OC)C2(C#N)C(=O)OC)cc1. The summed E-state index contributed by atoms with van der Waals surface area (Å²) in [4.78, 5) is 36.2. The van der Waals surface area contributed by atoms with Crippen LogP contribution in [0.3, 0.4) is 0 Å². The summed E-state index contributed by atoms with van der Waals surface area (Å²) in [7, 11) is 2.13. The van der Waals surface area contributed by atoms with Crippen LogP contribution in [0.25, 0.3) is 0 Å². The standard InChI is InChI=1S/C19H16N2O6/c1-11(2)15(22)27-13-7-5-12(6-8-13)14-18(9-20,16(23)25-3)19(14,10-21)17(24)26-4/h5-8,14H,1H2,2-4H3. The number of hydrogen-bond donors (Lipinski definition) is 0. The van der Waals surface area contributed by atoms with Gasteiger partial charge in [-0.05, 0) is 24.6 Å². The molecule has 1 fully saturated rings. The molecule has 0 spiro atoms. The lowest BCUT2D eigenvalue weighted by atomic mass is 9.95. The monoisotopic (exact) mass is 368 g/mol. The third-order valence-corrected chi connectivity index (χ3v) is 4.54. The second kappa shape index (κ2) is 6.93. The lowest BCUT2D eigenvalue weighted by Crippen LogP contribution is -2.29. The fourth-order valence-electron chi connectivity index (χ4n) is 3.17. The molecule has 27 heavy (non-hydrogen) atoms. The summed E-state index contributed by atoms with van der Waals surface area (Å²) in [5.74, 6) is -3.50. The van der Waals surface area contributed by atoms with Gasteiger partial charge in [-0.1, -0.05) is 18.7 Å². The van der Waals surface area contributed by atoms with E-state index in [1.54, 1.807) is 12.1 Å². The van der Waals surface area contributed by atoms with Gasteiger partial charge in [-0.15, -0.1) is 0 Å². The van der Waals surface area contributed by atoms with Crippen molar-refractivity contribution in [2.24, 2.45) is 10.8 Å². The number of nitriles is 2. The molecule has 0 aliphatic heterocycles. The maximum absolute atomic E-state index is 12.3. The second-order valence-electron chi connectivity index (χ2n) is 5.99. The molecule has 1 aromatic rings. The number of benzene rings is 1. The van der Waals surface area contributed by atoms with E-state index < -0.39 is 34.7 Å². The van der Waals surface area contributed by atoms with Crippen molar-refractivity contribution >= 4 is 17.9 Å². The molecule has 0 aromatic heterocycles. The Balaban J connectivity index is 2.49. The third kappa shape index (κ3) is 2.63. The Bertz CT molecular complexity index is 868. The van der Waals surface area contributed by atoms with Crippen LogP contribution < -0.4 is 4.74 Å². The minimum atomic E-state index is -2.03. The molecule has 2 atom stereocenters. The predicted molar refractivity (Wildman–Crippen MR) is 89.8 cm³/mol. The third-order valence-electron chi connectivity index (χ3n) is 4.54. The highest BCUT2D eigenvalue weighted by Gasteiger charge is 2.89. The molecule has 1 aliphatic rings. The molecule has 138 valence electrons. The molecule has 0 bridgehead atoms. The first-order valence-corrected chi connectivity index (χ1v) is 7.73. The summed E-state index contributed by atoms with van der Waals surface area (Å²) in [6.45, 7) is 4.97. The van der Waals surface area contributed by atoms with Crippen molar-refractivity contribution in [3.05, 3.63) is 42.0 Å². The van der Waals surface area contributed by atoms with Gasteiger partial charge in [-0.2, -0.15) is 10.5 Å². The highest BCUT2D eigenvalue weighted by Crippen LogP contribution is 2.74. The van der Waals surface area contributed by atoms with E-state index in [4.69, 9.17) is 4.74 Å². The first kappa shape index (κ1) is 19.7. The van der Waals surface area contributed by atoms with Crippen molar-refractivity contribution in [1.82, 2.24) is 0 Å². The Morgan fingerprint density at radius 2 is 1.44 bits per heavy atom. The molecule has 0 heterocycles. The van der Waals surface area contributed by atoms with Gasteiger partial charge in [0.15, 0.2) is 10.8 Å². The molecule has 0 N–H and O–H groups in total.